The molecule has 1 atom stereocenters. The van der Waals surface area contributed by atoms with Crippen molar-refractivity contribution >= 4 is 62.3 Å². The molecule has 0 spiro atoms. The maximum Gasteiger partial charge on any atom is 0.271 e. The van der Waals surface area contributed by atoms with Crippen molar-refractivity contribution in [3.63, 3.8) is 0 Å². The summed E-state index contributed by atoms with van der Waals surface area (Å²) >= 11 is 12.3. The molecule has 2 aromatic rings. The summed E-state index contributed by atoms with van der Waals surface area (Å²) in [7, 11) is -3.90. The number of halogens is 2. The van der Waals surface area contributed by atoms with Crippen LogP contribution in [0.1, 0.15) is 36.5 Å². The van der Waals surface area contributed by atoms with Crippen LogP contribution in [0, 0.1) is 0 Å². The Morgan fingerprint density at radius 1 is 1.07 bits per heavy atom. The quantitative estimate of drug-likeness (QED) is 0.366. The second kappa shape index (κ2) is 13.4. The average molecular weight is 619 g/mol. The van der Waals surface area contributed by atoms with Gasteiger partial charge in [-0.2, -0.15) is 4.31 Å². The van der Waals surface area contributed by atoms with Crippen molar-refractivity contribution in [2.45, 2.75) is 37.1 Å². The maximum absolute atomic E-state index is 13.4. The molecule has 0 aromatic heterocycles. The van der Waals surface area contributed by atoms with Crippen molar-refractivity contribution in [2.75, 3.05) is 25.0 Å². The molecular weight excluding hydrogens is 589 g/mol. The molecule has 13 heteroatoms. The highest BCUT2D eigenvalue weighted by Crippen LogP contribution is 2.25. The number of sulfonamides is 1. The number of carbonyl (C=O) groups excluding carboxylic acids is 3. The lowest BCUT2D eigenvalue weighted by atomic mass is 10.1. The Hall–Kier alpha value is -3.51. The minimum atomic E-state index is -3.90. The van der Waals surface area contributed by atoms with E-state index in [1.807, 2.05) is 6.92 Å². The highest BCUT2D eigenvalue weighted by atomic mass is 35.5. The molecule has 10 nitrogen and oxygen atoms in total. The smallest absolute Gasteiger partial charge is 0.271 e. The first-order valence-electron chi connectivity index (χ1n) is 13.0. The van der Waals surface area contributed by atoms with Crippen molar-refractivity contribution in [3.05, 3.63) is 82.0 Å². The standard InChI is InChI=1S/C28H29Cl2N5O5S/c1-2-3-12-24(36)32-18-7-4-9-20(16-18)41(39,40)35-15-6-8-19(17-35)33-28(38)26-23(13-14-31-26)34-27(37)25-21(29)10-5-11-22(25)30/h3-5,7,9-13,16,19H,2,6,8,14-15,17H2,1H3,(H,32,36)(H,33,38)(H,34,37)/b12-3+/t19-/m1/s1. The van der Waals surface area contributed by atoms with E-state index in [4.69, 9.17) is 23.2 Å². The third kappa shape index (κ3) is 7.42. The Morgan fingerprint density at radius 3 is 2.54 bits per heavy atom. The lowest BCUT2D eigenvalue weighted by Gasteiger charge is -2.32. The van der Waals surface area contributed by atoms with Gasteiger partial charge in [0, 0.05) is 24.8 Å². The van der Waals surface area contributed by atoms with E-state index in [1.54, 1.807) is 30.4 Å². The topological polar surface area (TPSA) is 137 Å². The Kier molecular flexibility index (Phi) is 9.98. The molecule has 4 rings (SSSR count). The van der Waals surface area contributed by atoms with E-state index in [0.717, 1.165) is 0 Å². The Balaban J connectivity index is 1.40. The summed E-state index contributed by atoms with van der Waals surface area (Å²) < 4.78 is 28.2. The number of rotatable bonds is 9. The SMILES string of the molecule is CC/C=C/C(=O)Nc1cccc(S(=O)(=O)N2CCC[C@@H](NC(=O)C3=NCC=C3NC(=O)c3c(Cl)cccc3Cl)C2)c1. The molecule has 3 N–H and O–H groups in total. The number of nitrogens with zero attached hydrogens (tertiary/aromatic N) is 2. The van der Waals surface area contributed by atoms with Crippen molar-refractivity contribution < 1.29 is 22.8 Å². The van der Waals surface area contributed by atoms with Crippen LogP contribution in [0.2, 0.25) is 10.0 Å². The number of hydrogen-bond acceptors (Lipinski definition) is 6. The molecule has 0 bridgehead atoms. The second-order valence-electron chi connectivity index (χ2n) is 9.36. The number of benzene rings is 2. The van der Waals surface area contributed by atoms with Gasteiger partial charge in [-0.05, 0) is 61.7 Å². The minimum Gasteiger partial charge on any atom is -0.347 e. The van der Waals surface area contributed by atoms with Crippen LogP contribution in [0.5, 0.6) is 0 Å². The van der Waals surface area contributed by atoms with Gasteiger partial charge in [0.05, 0.1) is 32.7 Å². The fraction of sp³-hybridized carbons (Fsp3) is 0.286. The van der Waals surface area contributed by atoms with E-state index in [2.05, 4.69) is 20.9 Å². The van der Waals surface area contributed by atoms with Crippen molar-refractivity contribution in [3.8, 4) is 0 Å². The van der Waals surface area contributed by atoms with Gasteiger partial charge in [-0.25, -0.2) is 8.42 Å². The van der Waals surface area contributed by atoms with Gasteiger partial charge in [-0.1, -0.05) is 48.3 Å². The number of hydrogen-bond donors (Lipinski definition) is 3. The van der Waals surface area contributed by atoms with Gasteiger partial charge in [0.25, 0.3) is 11.8 Å². The number of piperidine rings is 1. The van der Waals surface area contributed by atoms with Crippen molar-refractivity contribution in [1.29, 1.82) is 0 Å². The molecule has 0 aliphatic carbocycles. The van der Waals surface area contributed by atoms with Crippen LogP contribution in [0.3, 0.4) is 0 Å². The Labute approximate surface area is 248 Å². The third-order valence-electron chi connectivity index (χ3n) is 6.42. The van der Waals surface area contributed by atoms with Gasteiger partial charge < -0.3 is 16.0 Å². The predicted molar refractivity (Wildman–Crippen MR) is 159 cm³/mol. The van der Waals surface area contributed by atoms with Crippen LogP contribution in [0.4, 0.5) is 5.69 Å². The lowest BCUT2D eigenvalue weighted by Crippen LogP contribution is -2.51. The molecule has 216 valence electrons. The maximum atomic E-state index is 13.4. The molecule has 2 aromatic carbocycles. The molecule has 3 amide bonds. The average Bonchev–Trinajstić information content (AvgIpc) is 3.40. The predicted octanol–water partition coefficient (Wildman–Crippen LogP) is 3.94. The van der Waals surface area contributed by atoms with E-state index in [0.29, 0.717) is 24.9 Å². The first-order chi connectivity index (χ1) is 19.6. The monoisotopic (exact) mass is 617 g/mol. The van der Waals surface area contributed by atoms with Gasteiger partial charge in [0.2, 0.25) is 15.9 Å². The van der Waals surface area contributed by atoms with E-state index < -0.39 is 27.9 Å². The zero-order valence-corrected chi connectivity index (χ0v) is 24.5. The van der Waals surface area contributed by atoms with Gasteiger partial charge in [0.1, 0.15) is 5.71 Å². The molecule has 2 aliphatic rings. The summed E-state index contributed by atoms with van der Waals surface area (Å²) in [5, 5.41) is 8.50. The highest BCUT2D eigenvalue weighted by molar-refractivity contribution is 7.89. The number of carbonyl (C=O) groups is 3. The van der Waals surface area contributed by atoms with Crippen molar-refractivity contribution in [2.24, 2.45) is 4.99 Å². The lowest BCUT2D eigenvalue weighted by molar-refractivity contribution is -0.115. The van der Waals surface area contributed by atoms with Crippen LogP contribution >= 0.6 is 23.2 Å². The number of nitrogens with one attached hydrogen (secondary N) is 3. The van der Waals surface area contributed by atoms with Crippen LogP contribution < -0.4 is 16.0 Å². The van der Waals surface area contributed by atoms with E-state index >= 15 is 0 Å². The molecular formula is C28H29Cl2N5O5S. The van der Waals surface area contributed by atoms with Gasteiger partial charge in [-0.3, -0.25) is 19.4 Å². The molecule has 2 heterocycles. The van der Waals surface area contributed by atoms with E-state index in [-0.39, 0.29) is 57.5 Å². The Morgan fingerprint density at radius 2 is 1.80 bits per heavy atom. The molecule has 2 aliphatic heterocycles. The Bertz CT molecular complexity index is 1530. The number of allylic oxidation sites excluding steroid dienone is 1. The van der Waals surface area contributed by atoms with Crippen LogP contribution in [-0.4, -0.2) is 61.8 Å². The molecule has 1 fully saturated rings. The first kappa shape index (κ1) is 30.4. The summed E-state index contributed by atoms with van der Waals surface area (Å²) in [4.78, 5) is 42.2. The summed E-state index contributed by atoms with van der Waals surface area (Å²) in [6.45, 7) is 2.43. The van der Waals surface area contributed by atoms with Gasteiger partial charge >= 0.3 is 0 Å². The number of anilines is 1. The van der Waals surface area contributed by atoms with Crippen LogP contribution in [-0.2, 0) is 19.6 Å². The number of amides is 3. The van der Waals surface area contributed by atoms with Gasteiger partial charge in [0.15, 0.2) is 0 Å². The van der Waals surface area contributed by atoms with Crippen LogP contribution in [0.15, 0.2) is 76.3 Å². The summed E-state index contributed by atoms with van der Waals surface area (Å²) in [6, 6.07) is 10.3. The molecule has 0 saturated carbocycles. The van der Waals surface area contributed by atoms with E-state index in [9.17, 15) is 22.8 Å². The largest absolute Gasteiger partial charge is 0.347 e. The molecule has 0 unspecified atom stereocenters. The van der Waals surface area contributed by atoms with Gasteiger partial charge in [-0.15, -0.1) is 0 Å². The zero-order valence-electron chi connectivity index (χ0n) is 22.2. The fourth-order valence-corrected chi connectivity index (χ4v) is 6.58. The third-order valence-corrected chi connectivity index (χ3v) is 8.91. The first-order valence-corrected chi connectivity index (χ1v) is 15.2. The number of aliphatic imine (C=N–C) groups is 1. The minimum absolute atomic E-state index is 0.0297. The molecule has 1 saturated heterocycles. The molecule has 41 heavy (non-hydrogen) atoms. The van der Waals surface area contributed by atoms with Crippen LogP contribution in [0.25, 0.3) is 0 Å². The molecule has 0 radical (unpaired) electrons. The summed E-state index contributed by atoms with van der Waals surface area (Å²) in [5.41, 5.74) is 0.688. The normalized spacial score (nSPS) is 17.6. The second-order valence-corrected chi connectivity index (χ2v) is 12.1. The zero-order chi connectivity index (χ0) is 29.6. The van der Waals surface area contributed by atoms with E-state index in [1.165, 1.54) is 34.6 Å². The fourth-order valence-electron chi connectivity index (χ4n) is 4.44. The highest BCUT2D eigenvalue weighted by Gasteiger charge is 2.33. The van der Waals surface area contributed by atoms with Crippen molar-refractivity contribution in [1.82, 2.24) is 14.9 Å². The summed E-state index contributed by atoms with van der Waals surface area (Å²) in [6.07, 6.45) is 6.48. The summed E-state index contributed by atoms with van der Waals surface area (Å²) in [5.74, 6) is -1.46.